The topological polar surface area (TPSA) is 9.23 Å². The molecule has 0 spiro atoms. The van der Waals surface area contributed by atoms with Crippen LogP contribution in [0.25, 0.3) is 0 Å². The molecular weight excluding hydrogens is 388 g/mol. The highest BCUT2D eigenvalue weighted by atomic mass is 79.9. The second-order valence-electron chi connectivity index (χ2n) is 10.6. The van der Waals surface area contributed by atoms with Crippen LogP contribution in [0.3, 0.4) is 0 Å². The van der Waals surface area contributed by atoms with E-state index < -0.39 is 8.32 Å². The molecule has 3 heteroatoms. The maximum absolute atomic E-state index is 6.90. The second-order valence-corrected chi connectivity index (χ2v) is 16.1. The third-order valence-corrected chi connectivity index (χ3v) is 13.4. The SMILES string of the molecule is CC(C)(C)[Si](C)(CC12CC3CC(CC(C3)C1)C2)Oc1cccc(Br)c1. The Morgan fingerprint density at radius 2 is 1.64 bits per heavy atom. The van der Waals surface area contributed by atoms with E-state index in [9.17, 15) is 0 Å². The molecule has 1 aromatic rings. The highest BCUT2D eigenvalue weighted by Gasteiger charge is 2.56. The molecule has 0 radical (unpaired) electrons. The van der Waals surface area contributed by atoms with Gasteiger partial charge in [0.2, 0.25) is 0 Å². The lowest BCUT2D eigenvalue weighted by molar-refractivity contribution is -0.0434. The molecule has 138 valence electrons. The molecule has 1 nitrogen and oxygen atoms in total. The lowest BCUT2D eigenvalue weighted by atomic mass is 9.50. The summed E-state index contributed by atoms with van der Waals surface area (Å²) < 4.78 is 8.01. The molecule has 4 bridgehead atoms. The lowest BCUT2D eigenvalue weighted by Crippen LogP contribution is -2.55. The lowest BCUT2D eigenvalue weighted by Gasteiger charge is -2.59. The molecule has 0 heterocycles. The summed E-state index contributed by atoms with van der Waals surface area (Å²) in [5.41, 5.74) is 0.592. The minimum Gasteiger partial charge on any atom is -0.543 e. The molecule has 1 atom stereocenters. The Balaban J connectivity index is 1.61. The molecule has 4 fully saturated rings. The zero-order chi connectivity index (χ0) is 17.9. The Labute approximate surface area is 163 Å². The number of halogens is 1. The van der Waals surface area contributed by atoms with Gasteiger partial charge in [0, 0.05) is 4.47 Å². The van der Waals surface area contributed by atoms with Crippen molar-refractivity contribution in [2.75, 3.05) is 0 Å². The van der Waals surface area contributed by atoms with E-state index in [1.54, 1.807) is 0 Å². The van der Waals surface area contributed by atoms with E-state index in [0.29, 0.717) is 5.41 Å². The first-order chi connectivity index (χ1) is 11.7. The van der Waals surface area contributed by atoms with Gasteiger partial charge in [0.05, 0.1) is 0 Å². The summed E-state index contributed by atoms with van der Waals surface area (Å²) in [6.07, 6.45) is 9.04. The molecule has 0 aliphatic heterocycles. The minimum absolute atomic E-state index is 0.249. The maximum Gasteiger partial charge on any atom is 0.254 e. The van der Waals surface area contributed by atoms with Gasteiger partial charge < -0.3 is 4.43 Å². The van der Waals surface area contributed by atoms with E-state index in [2.05, 4.69) is 67.5 Å². The third kappa shape index (κ3) is 3.48. The first-order valence-corrected chi connectivity index (χ1v) is 13.5. The average Bonchev–Trinajstić information content (AvgIpc) is 2.43. The van der Waals surface area contributed by atoms with Crippen molar-refractivity contribution in [2.45, 2.75) is 76.9 Å². The van der Waals surface area contributed by atoms with Crippen molar-refractivity contribution in [3.63, 3.8) is 0 Å². The molecule has 0 amide bonds. The quantitative estimate of drug-likeness (QED) is 0.460. The molecule has 0 N–H and O–H groups in total. The van der Waals surface area contributed by atoms with Gasteiger partial charge in [0.1, 0.15) is 5.75 Å². The van der Waals surface area contributed by atoms with E-state index in [1.165, 1.54) is 44.6 Å². The number of hydrogen-bond acceptors (Lipinski definition) is 1. The summed E-state index contributed by atoms with van der Waals surface area (Å²) in [5, 5.41) is 0.249. The Morgan fingerprint density at radius 3 is 2.12 bits per heavy atom. The molecule has 5 rings (SSSR count). The van der Waals surface area contributed by atoms with Crippen LogP contribution < -0.4 is 4.43 Å². The highest BCUT2D eigenvalue weighted by molar-refractivity contribution is 9.10. The van der Waals surface area contributed by atoms with Gasteiger partial charge in [-0.05, 0) is 97.5 Å². The van der Waals surface area contributed by atoms with Crippen LogP contribution in [-0.2, 0) is 0 Å². The van der Waals surface area contributed by atoms with E-state index in [0.717, 1.165) is 28.0 Å². The van der Waals surface area contributed by atoms with Crippen molar-refractivity contribution in [2.24, 2.45) is 23.2 Å². The fraction of sp³-hybridized carbons (Fsp3) is 0.727. The van der Waals surface area contributed by atoms with E-state index in [4.69, 9.17) is 4.43 Å². The number of rotatable bonds is 4. The highest BCUT2D eigenvalue weighted by Crippen LogP contribution is 2.64. The molecule has 0 saturated heterocycles. The number of hydrogen-bond donors (Lipinski definition) is 0. The van der Waals surface area contributed by atoms with E-state index in [1.807, 2.05) is 0 Å². The van der Waals surface area contributed by atoms with Crippen molar-refractivity contribution in [1.29, 1.82) is 0 Å². The Bertz CT molecular complexity index is 614. The molecule has 4 aliphatic carbocycles. The van der Waals surface area contributed by atoms with Crippen molar-refractivity contribution in [3.8, 4) is 5.75 Å². The van der Waals surface area contributed by atoms with E-state index in [-0.39, 0.29) is 5.04 Å². The standard InChI is InChI=1S/C22H33BrOSi/c1-21(2,3)25(4,24-20-7-5-6-19(23)11-20)15-22-12-16-8-17(13-22)10-18(9-16)14-22/h5-7,11,16-18H,8-10,12-15H2,1-4H3. The summed E-state index contributed by atoms with van der Waals surface area (Å²) in [4.78, 5) is 0. The van der Waals surface area contributed by atoms with Crippen LogP contribution in [0.5, 0.6) is 5.75 Å². The molecule has 4 aliphatic rings. The summed E-state index contributed by atoms with van der Waals surface area (Å²) in [5.74, 6) is 4.13. The summed E-state index contributed by atoms with van der Waals surface area (Å²) in [6, 6.07) is 9.82. The normalized spacial score (nSPS) is 36.3. The van der Waals surface area contributed by atoms with E-state index >= 15 is 0 Å². The number of benzene rings is 1. The minimum atomic E-state index is -1.92. The van der Waals surface area contributed by atoms with Crippen molar-refractivity contribution in [1.82, 2.24) is 0 Å². The molecule has 1 unspecified atom stereocenters. The molecule has 1 aromatic carbocycles. The second kappa shape index (κ2) is 6.12. The Morgan fingerprint density at radius 1 is 1.08 bits per heavy atom. The zero-order valence-electron chi connectivity index (χ0n) is 16.3. The molecule has 4 saturated carbocycles. The molecular formula is C22H33BrOSi. The first-order valence-electron chi connectivity index (χ1n) is 10.1. The van der Waals surface area contributed by atoms with Gasteiger partial charge >= 0.3 is 0 Å². The fourth-order valence-electron chi connectivity index (χ4n) is 6.47. The van der Waals surface area contributed by atoms with Crippen LogP contribution in [0.15, 0.2) is 28.7 Å². The van der Waals surface area contributed by atoms with Gasteiger partial charge in [0.25, 0.3) is 8.32 Å². The fourth-order valence-corrected chi connectivity index (χ4v) is 10.3. The van der Waals surface area contributed by atoms with Crippen LogP contribution >= 0.6 is 15.9 Å². The average molecular weight is 421 g/mol. The third-order valence-electron chi connectivity index (χ3n) is 7.60. The predicted molar refractivity (Wildman–Crippen MR) is 112 cm³/mol. The van der Waals surface area contributed by atoms with Gasteiger partial charge in [-0.1, -0.05) is 42.8 Å². The van der Waals surface area contributed by atoms with Crippen molar-refractivity contribution >= 4 is 24.2 Å². The van der Waals surface area contributed by atoms with Gasteiger partial charge in [-0.15, -0.1) is 0 Å². The summed E-state index contributed by atoms with van der Waals surface area (Å²) in [7, 11) is -1.92. The monoisotopic (exact) mass is 420 g/mol. The smallest absolute Gasteiger partial charge is 0.254 e. The zero-order valence-corrected chi connectivity index (χ0v) is 18.9. The molecule has 25 heavy (non-hydrogen) atoms. The van der Waals surface area contributed by atoms with Crippen LogP contribution in [0, 0.1) is 23.2 Å². The largest absolute Gasteiger partial charge is 0.543 e. The van der Waals surface area contributed by atoms with Crippen molar-refractivity contribution in [3.05, 3.63) is 28.7 Å². The van der Waals surface area contributed by atoms with Crippen LogP contribution in [0.1, 0.15) is 59.3 Å². The maximum atomic E-state index is 6.90. The Hall–Kier alpha value is -0.283. The summed E-state index contributed by atoms with van der Waals surface area (Å²) >= 11 is 3.61. The van der Waals surface area contributed by atoms with Crippen molar-refractivity contribution < 1.29 is 4.43 Å². The van der Waals surface area contributed by atoms with Crippen LogP contribution in [0.2, 0.25) is 17.6 Å². The van der Waals surface area contributed by atoms with Gasteiger partial charge in [0.15, 0.2) is 0 Å². The predicted octanol–water partition coefficient (Wildman–Crippen LogP) is 7.42. The van der Waals surface area contributed by atoms with Crippen LogP contribution in [0.4, 0.5) is 0 Å². The van der Waals surface area contributed by atoms with Gasteiger partial charge in [-0.25, -0.2) is 0 Å². The van der Waals surface area contributed by atoms with Crippen LogP contribution in [-0.4, -0.2) is 8.32 Å². The summed E-state index contributed by atoms with van der Waals surface area (Å²) in [6.45, 7) is 9.75. The van der Waals surface area contributed by atoms with Gasteiger partial charge in [-0.2, -0.15) is 0 Å². The first kappa shape index (κ1) is 18.1. The Kier molecular flexibility index (Phi) is 4.43. The molecule has 0 aromatic heterocycles. The van der Waals surface area contributed by atoms with Gasteiger partial charge in [-0.3, -0.25) is 0 Å².